The van der Waals surface area contributed by atoms with Crippen molar-refractivity contribution < 1.29 is 184 Å². The van der Waals surface area contributed by atoms with Crippen molar-refractivity contribution in [2.24, 2.45) is 0 Å². The molecule has 92 valence electrons. The third kappa shape index (κ3) is 27.2. The number of nitro benzene ring substituents is 1. The molecule has 0 heterocycles. The van der Waals surface area contributed by atoms with E-state index in [9.17, 15) is 10.1 Å². The molecule has 19 heavy (non-hydrogen) atoms. The molecule has 0 aliphatic carbocycles. The van der Waals surface area contributed by atoms with Gasteiger partial charge >= 0.3 is 154 Å². The third-order valence-corrected chi connectivity index (χ3v) is 1.51. The van der Waals surface area contributed by atoms with E-state index in [-0.39, 0.29) is 165 Å². The van der Waals surface area contributed by atoms with E-state index in [0.717, 1.165) is 4.47 Å². The molecule has 1 rings (SSSR count). The van der Waals surface area contributed by atoms with Crippen LogP contribution < -0.4 is 169 Å². The fourth-order valence-corrected chi connectivity index (χ4v) is 0.977. The topological polar surface area (TPSA) is 161 Å². The summed E-state index contributed by atoms with van der Waals surface area (Å²) in [4.78, 5) is 35.4. The SMILES string of the molecule is O.O=P([O-])([O-])[O-].O=[N+]([O-])c1cccc(Br)c1.[K+].[K+].[K+]. The number of non-ortho nitro benzene ring substituents is 1. The molecule has 0 bridgehead atoms. The Morgan fingerprint density at radius 2 is 1.47 bits per heavy atom. The van der Waals surface area contributed by atoms with Crippen molar-refractivity contribution in [1.29, 1.82) is 0 Å². The number of phosphoric acid groups is 1. The van der Waals surface area contributed by atoms with E-state index in [4.69, 9.17) is 19.2 Å². The second-order valence-electron chi connectivity index (χ2n) is 2.18. The summed E-state index contributed by atoms with van der Waals surface area (Å²) in [6.07, 6.45) is 0. The van der Waals surface area contributed by atoms with E-state index in [1.807, 2.05) is 0 Å². The standard InChI is InChI=1S/C6H4BrNO2.3K.H3O4P.H2O/c7-5-2-1-3-6(4-5)8(9)10;;;;1-5(2,3)4;/h1-4H;;;;(H3,1,2,3,4);1H2/q;3*+1;;/p-3. The summed E-state index contributed by atoms with van der Waals surface area (Å²) >= 11 is 3.13. The van der Waals surface area contributed by atoms with Gasteiger partial charge in [-0.05, 0) is 6.07 Å². The Kier molecular flexibility index (Phi) is 33.4. The normalized spacial score (nSPS) is 8.00. The molecule has 0 unspecified atom stereocenters. The smallest absolute Gasteiger partial charge is 0.822 e. The Balaban J connectivity index is -0.0000000652. The minimum absolute atomic E-state index is 0. The van der Waals surface area contributed by atoms with Gasteiger partial charge < -0.3 is 24.7 Å². The predicted octanol–water partition coefficient (Wildman–Crippen LogP) is -10.3. The van der Waals surface area contributed by atoms with Gasteiger partial charge in [0.25, 0.3) is 5.69 Å². The molecule has 2 N–H and O–H groups in total. The number of benzene rings is 1. The van der Waals surface area contributed by atoms with Crippen LogP contribution in [0, 0.1) is 10.1 Å². The zero-order valence-corrected chi connectivity index (χ0v) is 22.4. The number of hydrogen-bond acceptors (Lipinski definition) is 6. The van der Waals surface area contributed by atoms with Crippen molar-refractivity contribution in [3.05, 3.63) is 38.9 Å². The summed E-state index contributed by atoms with van der Waals surface area (Å²) in [5.41, 5.74) is 0.106. The molecule has 0 aromatic heterocycles. The quantitative estimate of drug-likeness (QED) is 0.185. The average molecular weight is 432 g/mol. The fourth-order valence-electron chi connectivity index (χ4n) is 0.590. The maximum Gasteiger partial charge on any atom is 1.00 e. The second kappa shape index (κ2) is 18.4. The van der Waals surface area contributed by atoms with Crippen molar-refractivity contribution in [2.75, 3.05) is 0 Å². The van der Waals surface area contributed by atoms with E-state index >= 15 is 0 Å². The van der Waals surface area contributed by atoms with E-state index < -0.39 is 12.7 Å². The van der Waals surface area contributed by atoms with E-state index in [0.29, 0.717) is 0 Å². The van der Waals surface area contributed by atoms with Crippen molar-refractivity contribution in [3.8, 4) is 0 Å². The van der Waals surface area contributed by atoms with Gasteiger partial charge in [-0.2, -0.15) is 7.82 Å². The summed E-state index contributed by atoms with van der Waals surface area (Å²) in [6.45, 7) is 0. The molecule has 1 aromatic rings. The summed E-state index contributed by atoms with van der Waals surface area (Å²) in [5, 5.41) is 10.1. The Bertz CT molecular complexity index is 396. The Morgan fingerprint density at radius 3 is 1.68 bits per heavy atom. The number of nitro groups is 1. The molecule has 13 heteroatoms. The summed E-state index contributed by atoms with van der Waals surface area (Å²) < 4.78 is 9.27. The van der Waals surface area contributed by atoms with Crippen LogP contribution in [0.4, 0.5) is 5.69 Å². The van der Waals surface area contributed by atoms with Gasteiger partial charge in [-0.15, -0.1) is 0 Å². The van der Waals surface area contributed by atoms with Crippen molar-refractivity contribution in [2.45, 2.75) is 0 Å². The van der Waals surface area contributed by atoms with Gasteiger partial charge in [-0.3, -0.25) is 10.1 Å². The monoisotopic (exact) mass is 431 g/mol. The van der Waals surface area contributed by atoms with Crippen LogP contribution in [0.5, 0.6) is 0 Å². The Labute approximate surface area is 245 Å². The Hall–Kier alpha value is 4.08. The second-order valence-corrected chi connectivity index (χ2v) is 3.99. The summed E-state index contributed by atoms with van der Waals surface area (Å²) in [5.74, 6) is 0. The van der Waals surface area contributed by atoms with Crippen LogP contribution in [-0.2, 0) is 4.57 Å². The average Bonchev–Trinajstić information content (AvgIpc) is 2.00. The first-order valence-corrected chi connectivity index (χ1v) is 5.58. The van der Waals surface area contributed by atoms with Crippen LogP contribution in [0.2, 0.25) is 0 Å². The molecule has 0 amide bonds. The van der Waals surface area contributed by atoms with Crippen LogP contribution in [0.25, 0.3) is 0 Å². The van der Waals surface area contributed by atoms with Crippen molar-refractivity contribution in [3.63, 3.8) is 0 Å². The molecular formula is C6H6BrK3NO7P. The predicted molar refractivity (Wildman–Crippen MR) is 52.0 cm³/mol. The molecule has 0 radical (unpaired) electrons. The van der Waals surface area contributed by atoms with Gasteiger partial charge in [-0.1, -0.05) is 22.0 Å². The van der Waals surface area contributed by atoms with Crippen LogP contribution in [0.3, 0.4) is 0 Å². The molecule has 8 nitrogen and oxygen atoms in total. The minimum atomic E-state index is -5.39. The minimum Gasteiger partial charge on any atom is -0.822 e. The van der Waals surface area contributed by atoms with Crippen LogP contribution in [0.1, 0.15) is 0 Å². The largest absolute Gasteiger partial charge is 1.00 e. The first kappa shape index (κ1) is 34.4. The third-order valence-electron chi connectivity index (χ3n) is 1.02. The number of rotatable bonds is 1. The van der Waals surface area contributed by atoms with Gasteiger partial charge in [-0.25, -0.2) is 0 Å². The molecule has 0 aliphatic heterocycles. The maximum atomic E-state index is 10.1. The molecule has 0 saturated heterocycles. The van der Waals surface area contributed by atoms with Gasteiger partial charge in [0.1, 0.15) is 0 Å². The van der Waals surface area contributed by atoms with E-state index in [1.54, 1.807) is 12.1 Å². The van der Waals surface area contributed by atoms with Crippen molar-refractivity contribution >= 4 is 29.4 Å². The van der Waals surface area contributed by atoms with E-state index in [1.165, 1.54) is 12.1 Å². The van der Waals surface area contributed by atoms with Crippen LogP contribution >= 0.6 is 23.8 Å². The van der Waals surface area contributed by atoms with Gasteiger partial charge in [0.05, 0.1) is 4.92 Å². The summed E-state index contributed by atoms with van der Waals surface area (Å²) in [7, 11) is -5.39. The zero-order valence-electron chi connectivity index (χ0n) is 10.5. The first-order chi connectivity index (χ1) is 6.70. The molecule has 0 spiro atoms. The maximum absolute atomic E-state index is 10.1. The van der Waals surface area contributed by atoms with Gasteiger partial charge in [0.15, 0.2) is 0 Å². The summed E-state index contributed by atoms with van der Waals surface area (Å²) in [6, 6.07) is 6.28. The van der Waals surface area contributed by atoms with Crippen LogP contribution in [-0.4, -0.2) is 10.4 Å². The van der Waals surface area contributed by atoms with E-state index in [2.05, 4.69) is 15.9 Å². The van der Waals surface area contributed by atoms with Gasteiger partial charge in [0, 0.05) is 16.6 Å². The molecular weight excluding hydrogens is 426 g/mol. The number of nitrogens with zero attached hydrogens (tertiary/aromatic N) is 1. The molecule has 0 atom stereocenters. The molecule has 0 saturated carbocycles. The number of halogens is 1. The molecule has 0 aliphatic rings. The molecule has 0 fully saturated rings. The molecule has 1 aromatic carbocycles. The fraction of sp³-hybridized carbons (Fsp3) is 0. The number of hydrogen-bond donors (Lipinski definition) is 0. The first-order valence-electron chi connectivity index (χ1n) is 3.33. The zero-order chi connectivity index (χ0) is 12.1. The Morgan fingerprint density at radius 1 is 1.11 bits per heavy atom. The van der Waals surface area contributed by atoms with Crippen LogP contribution in [0.15, 0.2) is 28.7 Å². The van der Waals surface area contributed by atoms with Crippen molar-refractivity contribution in [1.82, 2.24) is 0 Å². The van der Waals surface area contributed by atoms with Gasteiger partial charge in [0.2, 0.25) is 0 Å².